The molecule has 0 spiro atoms. The second-order valence-electron chi connectivity index (χ2n) is 3.92. The van der Waals surface area contributed by atoms with Gasteiger partial charge >= 0.3 is 5.97 Å². The van der Waals surface area contributed by atoms with Crippen molar-refractivity contribution in [2.45, 2.75) is 12.5 Å². The van der Waals surface area contributed by atoms with Gasteiger partial charge in [-0.15, -0.1) is 11.3 Å². The van der Waals surface area contributed by atoms with Crippen molar-refractivity contribution in [1.29, 1.82) is 0 Å². The molecule has 0 fully saturated rings. The maximum absolute atomic E-state index is 11.1. The molecule has 0 amide bonds. The lowest BCUT2D eigenvalue weighted by atomic mass is 10.0. The maximum atomic E-state index is 11.1. The van der Waals surface area contributed by atoms with E-state index in [9.17, 15) is 4.79 Å². The highest BCUT2D eigenvalue weighted by Crippen LogP contribution is 2.40. The van der Waals surface area contributed by atoms with Crippen LogP contribution in [-0.4, -0.2) is 17.7 Å². The van der Waals surface area contributed by atoms with E-state index in [-0.39, 0.29) is 0 Å². The Balaban J connectivity index is 2.24. The van der Waals surface area contributed by atoms with E-state index in [1.165, 1.54) is 11.3 Å². The number of ether oxygens (including phenoxy) is 1. The fraction of sp³-hybridized carbons (Fsp3) is 0.250. The third-order valence-electron chi connectivity index (χ3n) is 2.89. The van der Waals surface area contributed by atoms with Crippen LogP contribution in [0, 0.1) is 0 Å². The Labute approximate surface area is 107 Å². The van der Waals surface area contributed by atoms with Crippen LogP contribution in [0.3, 0.4) is 0 Å². The van der Waals surface area contributed by atoms with Gasteiger partial charge in [0.25, 0.3) is 0 Å². The number of carboxylic acid groups (broad SMARTS) is 1. The molecule has 1 aliphatic heterocycles. The molecule has 1 N–H and O–H groups in total. The number of benzene rings is 1. The van der Waals surface area contributed by atoms with Gasteiger partial charge in [0.1, 0.15) is 0 Å². The number of carbonyl (C=O) groups is 1. The highest BCUT2D eigenvalue weighted by Gasteiger charge is 2.30. The first-order chi connectivity index (χ1) is 8.16. The van der Waals surface area contributed by atoms with E-state index in [1.54, 1.807) is 0 Å². The molecule has 1 atom stereocenters. The minimum atomic E-state index is -0.927. The molecule has 0 aliphatic carbocycles. The summed E-state index contributed by atoms with van der Waals surface area (Å²) in [6.45, 7) is 0.457. The smallest absolute Gasteiger partial charge is 0.338 e. The molecule has 1 unspecified atom stereocenters. The van der Waals surface area contributed by atoms with Crippen LogP contribution in [0.4, 0.5) is 0 Å². The molecule has 3 nitrogen and oxygen atoms in total. The molecule has 88 valence electrons. The van der Waals surface area contributed by atoms with Crippen molar-refractivity contribution in [3.63, 3.8) is 0 Å². The first-order valence-electron chi connectivity index (χ1n) is 5.22. The third kappa shape index (κ3) is 1.73. The number of rotatable bonds is 1. The van der Waals surface area contributed by atoms with Crippen LogP contribution in [0.2, 0.25) is 5.02 Å². The summed E-state index contributed by atoms with van der Waals surface area (Å²) in [6, 6.07) is 5.66. The molecule has 0 saturated carbocycles. The van der Waals surface area contributed by atoms with Crippen molar-refractivity contribution in [3.05, 3.63) is 33.7 Å². The second kappa shape index (κ2) is 3.98. The molecule has 5 heteroatoms. The zero-order valence-corrected chi connectivity index (χ0v) is 10.3. The van der Waals surface area contributed by atoms with E-state index in [4.69, 9.17) is 21.4 Å². The Bertz CT molecular complexity index is 605. The minimum Gasteiger partial charge on any atom is -0.479 e. The molecule has 1 aliphatic rings. The monoisotopic (exact) mass is 268 g/mol. The highest BCUT2D eigenvalue weighted by molar-refractivity contribution is 7.19. The van der Waals surface area contributed by atoms with E-state index in [0.29, 0.717) is 11.6 Å². The van der Waals surface area contributed by atoms with Crippen molar-refractivity contribution >= 4 is 39.0 Å². The predicted octanol–water partition coefficient (Wildman–Crippen LogP) is 3.25. The quantitative estimate of drug-likeness (QED) is 0.864. The summed E-state index contributed by atoms with van der Waals surface area (Å²) in [6.07, 6.45) is -0.0595. The van der Waals surface area contributed by atoms with Crippen molar-refractivity contribution < 1.29 is 14.6 Å². The number of hydrogen-bond acceptors (Lipinski definition) is 3. The van der Waals surface area contributed by atoms with E-state index in [2.05, 4.69) is 0 Å². The molecule has 1 aromatic carbocycles. The zero-order chi connectivity index (χ0) is 12.0. The molecule has 2 aromatic rings. The van der Waals surface area contributed by atoms with Gasteiger partial charge < -0.3 is 9.84 Å². The Morgan fingerprint density at radius 3 is 3.12 bits per heavy atom. The summed E-state index contributed by atoms with van der Waals surface area (Å²) >= 11 is 7.40. The average Bonchev–Trinajstić information content (AvgIpc) is 2.65. The third-order valence-corrected chi connectivity index (χ3v) is 4.36. The summed E-state index contributed by atoms with van der Waals surface area (Å²) in [7, 11) is 0. The van der Waals surface area contributed by atoms with Gasteiger partial charge in [0.2, 0.25) is 0 Å². The predicted molar refractivity (Wildman–Crippen MR) is 66.9 cm³/mol. The number of aliphatic carboxylic acids is 1. The van der Waals surface area contributed by atoms with Crippen LogP contribution in [0.15, 0.2) is 18.2 Å². The molecular formula is C12H9ClO3S. The Morgan fingerprint density at radius 1 is 1.53 bits per heavy atom. The van der Waals surface area contributed by atoms with Crippen LogP contribution in [0.25, 0.3) is 10.1 Å². The Kier molecular flexibility index (Phi) is 2.58. The lowest BCUT2D eigenvalue weighted by Crippen LogP contribution is -2.21. The molecule has 1 aromatic heterocycles. The molecular weight excluding hydrogens is 260 g/mol. The Hall–Kier alpha value is -1.10. The summed E-state index contributed by atoms with van der Waals surface area (Å²) in [4.78, 5) is 11.9. The van der Waals surface area contributed by atoms with Gasteiger partial charge in [-0.25, -0.2) is 4.79 Å². The van der Waals surface area contributed by atoms with Crippen LogP contribution >= 0.6 is 22.9 Å². The van der Waals surface area contributed by atoms with Crippen molar-refractivity contribution in [1.82, 2.24) is 0 Å². The number of thiophene rings is 1. The van der Waals surface area contributed by atoms with Crippen molar-refractivity contribution in [2.75, 3.05) is 6.61 Å². The van der Waals surface area contributed by atoms with Crippen molar-refractivity contribution in [3.8, 4) is 0 Å². The van der Waals surface area contributed by atoms with E-state index in [0.717, 1.165) is 26.9 Å². The SMILES string of the molecule is O=C(O)C1OCCc2c1sc1cc(Cl)ccc21. The summed E-state index contributed by atoms with van der Waals surface area (Å²) in [5.41, 5.74) is 1.10. The highest BCUT2D eigenvalue weighted by atomic mass is 35.5. The fourth-order valence-corrected chi connectivity index (χ4v) is 3.72. The average molecular weight is 269 g/mol. The van der Waals surface area contributed by atoms with Crippen LogP contribution < -0.4 is 0 Å². The van der Waals surface area contributed by atoms with Gasteiger partial charge in [0, 0.05) is 14.6 Å². The largest absolute Gasteiger partial charge is 0.479 e. The topological polar surface area (TPSA) is 46.5 Å². The van der Waals surface area contributed by atoms with Crippen LogP contribution in [0.5, 0.6) is 0 Å². The van der Waals surface area contributed by atoms with Gasteiger partial charge in [-0.3, -0.25) is 0 Å². The minimum absolute atomic E-state index is 0.457. The van der Waals surface area contributed by atoms with Gasteiger partial charge in [-0.1, -0.05) is 17.7 Å². The fourth-order valence-electron chi connectivity index (χ4n) is 2.15. The molecule has 2 heterocycles. The standard InChI is InChI=1S/C12H9ClO3S/c13-6-1-2-7-8-3-4-16-10(12(14)15)11(8)17-9(7)5-6/h1-2,5,10H,3-4H2,(H,14,15). The number of carboxylic acids is 1. The van der Waals surface area contributed by atoms with E-state index in [1.807, 2.05) is 18.2 Å². The summed E-state index contributed by atoms with van der Waals surface area (Å²) < 4.78 is 6.33. The van der Waals surface area contributed by atoms with Crippen molar-refractivity contribution in [2.24, 2.45) is 0 Å². The number of hydrogen-bond donors (Lipinski definition) is 1. The lowest BCUT2D eigenvalue weighted by molar-refractivity contribution is -0.151. The lowest BCUT2D eigenvalue weighted by Gasteiger charge is -2.19. The van der Waals surface area contributed by atoms with Gasteiger partial charge in [0.05, 0.1) is 6.61 Å². The van der Waals surface area contributed by atoms with Crippen LogP contribution in [0.1, 0.15) is 16.5 Å². The van der Waals surface area contributed by atoms with Gasteiger partial charge in [-0.05, 0) is 29.5 Å². The molecule has 0 saturated heterocycles. The first-order valence-corrected chi connectivity index (χ1v) is 6.41. The molecule has 17 heavy (non-hydrogen) atoms. The number of halogens is 1. The molecule has 0 radical (unpaired) electrons. The van der Waals surface area contributed by atoms with Gasteiger partial charge in [-0.2, -0.15) is 0 Å². The normalized spacial score (nSPS) is 19.2. The maximum Gasteiger partial charge on any atom is 0.338 e. The zero-order valence-electron chi connectivity index (χ0n) is 8.77. The molecule has 0 bridgehead atoms. The molecule has 3 rings (SSSR count). The summed E-state index contributed by atoms with van der Waals surface area (Å²) in [5.74, 6) is -0.927. The van der Waals surface area contributed by atoms with Crippen LogP contribution in [-0.2, 0) is 16.0 Å². The second-order valence-corrected chi connectivity index (χ2v) is 5.44. The van der Waals surface area contributed by atoms with E-state index < -0.39 is 12.1 Å². The van der Waals surface area contributed by atoms with Gasteiger partial charge in [0.15, 0.2) is 6.10 Å². The first kappa shape index (κ1) is 11.0. The Morgan fingerprint density at radius 2 is 2.35 bits per heavy atom. The summed E-state index contributed by atoms with van der Waals surface area (Å²) in [5, 5.41) is 10.9. The van der Waals surface area contributed by atoms with E-state index >= 15 is 0 Å². The number of fused-ring (bicyclic) bond motifs is 3.